The fraction of sp³-hybridized carbons (Fsp3) is 0.560. The van der Waals surface area contributed by atoms with Crippen molar-refractivity contribution in [1.82, 2.24) is 4.57 Å². The predicted molar refractivity (Wildman–Crippen MR) is 116 cm³/mol. The van der Waals surface area contributed by atoms with Crippen molar-refractivity contribution in [2.24, 2.45) is 0 Å². The van der Waals surface area contributed by atoms with Crippen LogP contribution in [0.15, 0.2) is 24.3 Å². The van der Waals surface area contributed by atoms with E-state index >= 15 is 0 Å². The molecule has 0 saturated heterocycles. The van der Waals surface area contributed by atoms with Gasteiger partial charge in [-0.3, -0.25) is 9.59 Å². The average Bonchev–Trinajstić information content (AvgIpc) is 3.06. The van der Waals surface area contributed by atoms with E-state index in [0.717, 1.165) is 51.0 Å². The first-order valence-corrected chi connectivity index (χ1v) is 11.5. The van der Waals surface area contributed by atoms with E-state index in [2.05, 4.69) is 29.9 Å². The predicted octanol–water partition coefficient (Wildman–Crippen LogP) is 5.27. The second kappa shape index (κ2) is 10.00. The molecule has 0 amide bonds. The fourth-order valence-corrected chi connectivity index (χ4v) is 4.51. The van der Waals surface area contributed by atoms with Gasteiger partial charge in [0.1, 0.15) is 0 Å². The zero-order valence-electron chi connectivity index (χ0n) is 18.3. The van der Waals surface area contributed by atoms with Crippen LogP contribution in [-0.2, 0) is 19.5 Å². The van der Waals surface area contributed by atoms with E-state index in [4.69, 9.17) is 0 Å². The SMILES string of the molecule is CCCCCCn1c2c([n+](CCCCCC)c1CC)C(=O)c1ccccc1C2=O. The molecule has 0 spiro atoms. The number of fused-ring (bicyclic) bond motifs is 2. The van der Waals surface area contributed by atoms with Crippen molar-refractivity contribution in [3.05, 3.63) is 52.6 Å². The normalized spacial score (nSPS) is 12.9. The summed E-state index contributed by atoms with van der Waals surface area (Å²) in [5.74, 6) is 1.14. The number of nitrogens with zero attached hydrogens (tertiary/aromatic N) is 2. The number of aromatic nitrogens is 2. The summed E-state index contributed by atoms with van der Waals surface area (Å²) in [6.45, 7) is 8.17. The largest absolute Gasteiger partial charge is 0.284 e. The van der Waals surface area contributed by atoms with Gasteiger partial charge in [-0.2, -0.15) is 0 Å². The van der Waals surface area contributed by atoms with Crippen molar-refractivity contribution in [3.8, 4) is 0 Å². The Morgan fingerprint density at radius 1 is 0.793 bits per heavy atom. The number of carbonyl (C=O) groups excluding carboxylic acids is 2. The van der Waals surface area contributed by atoms with E-state index in [-0.39, 0.29) is 11.6 Å². The van der Waals surface area contributed by atoms with E-state index in [1.807, 2.05) is 12.1 Å². The fourth-order valence-electron chi connectivity index (χ4n) is 4.51. The maximum atomic E-state index is 13.4. The van der Waals surface area contributed by atoms with E-state index in [0.29, 0.717) is 22.5 Å². The van der Waals surface area contributed by atoms with Crippen LogP contribution in [0.3, 0.4) is 0 Å². The number of imidazole rings is 1. The zero-order valence-corrected chi connectivity index (χ0v) is 18.3. The molecule has 0 radical (unpaired) electrons. The first-order chi connectivity index (χ1) is 14.2. The van der Waals surface area contributed by atoms with Gasteiger partial charge < -0.3 is 0 Å². The lowest BCUT2D eigenvalue weighted by Gasteiger charge is -2.13. The minimum atomic E-state index is 0.00713. The number of rotatable bonds is 11. The zero-order chi connectivity index (χ0) is 20.8. The van der Waals surface area contributed by atoms with Crippen LogP contribution in [0.25, 0.3) is 0 Å². The number of ketones is 2. The standard InChI is InChI=1S/C25H35N2O2/c1-4-7-9-13-17-26-21(6-3)27(18-14-10-8-5-2)23-22(26)24(28)19-15-11-12-16-20(19)25(23)29/h11-12,15-16H,4-10,13-14,17-18H2,1-3H3/q+1. The van der Waals surface area contributed by atoms with Crippen molar-refractivity contribution in [2.45, 2.75) is 91.6 Å². The molecule has 1 aliphatic rings. The molecule has 29 heavy (non-hydrogen) atoms. The second-order valence-electron chi connectivity index (χ2n) is 8.10. The summed E-state index contributed by atoms with van der Waals surface area (Å²) in [5, 5.41) is 0. The van der Waals surface area contributed by atoms with Gasteiger partial charge in [0.05, 0.1) is 13.1 Å². The molecule has 0 unspecified atom stereocenters. The van der Waals surface area contributed by atoms with Crippen LogP contribution >= 0.6 is 0 Å². The summed E-state index contributed by atoms with van der Waals surface area (Å²) >= 11 is 0. The van der Waals surface area contributed by atoms with Crippen molar-refractivity contribution < 1.29 is 14.2 Å². The summed E-state index contributed by atoms with van der Waals surface area (Å²) in [6.07, 6.45) is 10.0. The van der Waals surface area contributed by atoms with Crippen LogP contribution in [0, 0.1) is 0 Å². The van der Waals surface area contributed by atoms with Gasteiger partial charge in [-0.25, -0.2) is 9.13 Å². The van der Waals surface area contributed by atoms with E-state index in [9.17, 15) is 9.59 Å². The Balaban J connectivity index is 2.05. The van der Waals surface area contributed by atoms with Crippen molar-refractivity contribution in [1.29, 1.82) is 0 Å². The van der Waals surface area contributed by atoms with Gasteiger partial charge in [-0.15, -0.1) is 0 Å². The Morgan fingerprint density at radius 2 is 1.41 bits per heavy atom. The molecule has 2 aromatic rings. The maximum Gasteiger partial charge on any atom is 0.257 e. The van der Waals surface area contributed by atoms with Crippen LogP contribution in [0.5, 0.6) is 0 Å². The molecule has 1 heterocycles. The minimum Gasteiger partial charge on any atom is -0.284 e. The highest BCUT2D eigenvalue weighted by Gasteiger charge is 2.43. The smallest absolute Gasteiger partial charge is 0.257 e. The summed E-state index contributed by atoms with van der Waals surface area (Å²) in [5.41, 5.74) is 2.35. The highest BCUT2D eigenvalue weighted by molar-refractivity contribution is 6.26. The van der Waals surface area contributed by atoms with Crippen molar-refractivity contribution in [2.75, 3.05) is 0 Å². The summed E-state index contributed by atoms with van der Waals surface area (Å²) in [4.78, 5) is 26.9. The number of hydrogen-bond acceptors (Lipinski definition) is 2. The third-order valence-electron chi connectivity index (χ3n) is 6.02. The topological polar surface area (TPSA) is 43.0 Å². The lowest BCUT2D eigenvalue weighted by Crippen LogP contribution is -2.44. The molecule has 3 rings (SSSR count). The average molecular weight is 396 g/mol. The molecule has 1 aromatic heterocycles. The Bertz CT molecular complexity index is 811. The lowest BCUT2D eigenvalue weighted by atomic mass is 9.90. The first kappa shape index (κ1) is 21.5. The molecular formula is C25H35N2O2+. The summed E-state index contributed by atoms with van der Waals surface area (Å²) in [6, 6.07) is 7.29. The number of hydrogen-bond donors (Lipinski definition) is 0. The third kappa shape index (κ3) is 4.22. The van der Waals surface area contributed by atoms with Crippen LogP contribution in [0.2, 0.25) is 0 Å². The third-order valence-corrected chi connectivity index (χ3v) is 6.02. The van der Waals surface area contributed by atoms with Gasteiger partial charge in [0.2, 0.25) is 23.0 Å². The molecule has 156 valence electrons. The molecule has 0 aliphatic heterocycles. The van der Waals surface area contributed by atoms with Gasteiger partial charge in [0.25, 0.3) is 5.82 Å². The molecule has 4 heteroatoms. The van der Waals surface area contributed by atoms with Gasteiger partial charge in [-0.05, 0) is 25.7 Å². The molecule has 0 saturated carbocycles. The summed E-state index contributed by atoms with van der Waals surface area (Å²) in [7, 11) is 0. The van der Waals surface area contributed by atoms with Crippen LogP contribution in [-0.4, -0.2) is 16.1 Å². The number of unbranched alkanes of at least 4 members (excludes halogenated alkanes) is 6. The Kier molecular flexibility index (Phi) is 7.40. The molecule has 0 fully saturated rings. The van der Waals surface area contributed by atoms with Crippen LogP contribution in [0.1, 0.15) is 110 Å². The molecule has 0 atom stereocenters. The Hall–Kier alpha value is -2.23. The summed E-state index contributed by atoms with van der Waals surface area (Å²) < 4.78 is 4.34. The minimum absolute atomic E-state index is 0.00713. The Morgan fingerprint density at radius 3 is 2.03 bits per heavy atom. The van der Waals surface area contributed by atoms with Crippen molar-refractivity contribution >= 4 is 11.6 Å². The second-order valence-corrected chi connectivity index (χ2v) is 8.10. The van der Waals surface area contributed by atoms with Gasteiger partial charge in [0, 0.05) is 17.5 Å². The maximum absolute atomic E-state index is 13.4. The molecule has 4 nitrogen and oxygen atoms in total. The lowest BCUT2D eigenvalue weighted by molar-refractivity contribution is -0.705. The van der Waals surface area contributed by atoms with Crippen LogP contribution < -0.4 is 4.57 Å². The molecule has 1 aliphatic carbocycles. The Labute approximate surface area is 174 Å². The quantitative estimate of drug-likeness (QED) is 0.328. The monoisotopic (exact) mass is 395 g/mol. The molecule has 1 aromatic carbocycles. The van der Waals surface area contributed by atoms with Gasteiger partial charge >= 0.3 is 0 Å². The van der Waals surface area contributed by atoms with E-state index in [1.165, 1.54) is 25.7 Å². The highest BCUT2D eigenvalue weighted by Crippen LogP contribution is 2.28. The number of carbonyl (C=O) groups is 2. The first-order valence-electron chi connectivity index (χ1n) is 11.5. The van der Waals surface area contributed by atoms with E-state index in [1.54, 1.807) is 12.1 Å². The highest BCUT2D eigenvalue weighted by atomic mass is 16.1. The van der Waals surface area contributed by atoms with Gasteiger partial charge in [-0.1, -0.05) is 70.7 Å². The van der Waals surface area contributed by atoms with Crippen LogP contribution in [0.4, 0.5) is 0 Å². The molecular weight excluding hydrogens is 360 g/mol. The van der Waals surface area contributed by atoms with Crippen molar-refractivity contribution in [3.63, 3.8) is 0 Å². The number of benzene rings is 1. The molecule has 0 bridgehead atoms. The van der Waals surface area contributed by atoms with E-state index < -0.39 is 0 Å². The van der Waals surface area contributed by atoms with Gasteiger partial charge in [0.15, 0.2) is 0 Å². The molecule has 0 N–H and O–H groups in total.